The molecule has 2 fully saturated rings. The first-order valence-corrected chi connectivity index (χ1v) is 9.08. The molecule has 0 unspecified atom stereocenters. The quantitative estimate of drug-likeness (QED) is 0.869. The highest BCUT2D eigenvalue weighted by atomic mass is 16.5. The van der Waals surface area contributed by atoms with Gasteiger partial charge in [0, 0.05) is 30.6 Å². The SMILES string of the molecule is COc1ccc2c(c1)OC[C@]1(C(=O)O)CN(C(=O)CN3CCCC3)C[C@H]21. The zero-order valence-corrected chi connectivity index (χ0v) is 14.9. The molecule has 7 heteroatoms. The number of ether oxygens (including phenoxy) is 2. The first-order chi connectivity index (χ1) is 12.5. The van der Waals surface area contributed by atoms with Crippen molar-refractivity contribution in [2.45, 2.75) is 18.8 Å². The van der Waals surface area contributed by atoms with Crippen LogP contribution in [0.15, 0.2) is 18.2 Å². The molecule has 26 heavy (non-hydrogen) atoms. The monoisotopic (exact) mass is 360 g/mol. The van der Waals surface area contributed by atoms with Crippen LogP contribution in [0.3, 0.4) is 0 Å². The summed E-state index contributed by atoms with van der Waals surface area (Å²) in [6.45, 7) is 2.95. The van der Waals surface area contributed by atoms with Crippen LogP contribution in [-0.2, 0) is 9.59 Å². The molecule has 4 rings (SSSR count). The minimum atomic E-state index is -1.08. The fraction of sp³-hybridized carbons (Fsp3) is 0.579. The first kappa shape index (κ1) is 17.1. The first-order valence-electron chi connectivity index (χ1n) is 9.08. The molecule has 2 atom stereocenters. The Hall–Kier alpha value is -2.28. The van der Waals surface area contributed by atoms with Gasteiger partial charge in [-0.3, -0.25) is 14.5 Å². The van der Waals surface area contributed by atoms with Crippen molar-refractivity contribution in [2.75, 3.05) is 46.4 Å². The maximum Gasteiger partial charge on any atom is 0.315 e. The van der Waals surface area contributed by atoms with Crippen LogP contribution < -0.4 is 9.47 Å². The lowest BCUT2D eigenvalue weighted by molar-refractivity contribution is -0.152. The number of hydrogen-bond acceptors (Lipinski definition) is 5. The van der Waals surface area contributed by atoms with E-state index in [-0.39, 0.29) is 25.0 Å². The number of carbonyl (C=O) groups excluding carboxylic acids is 1. The Kier molecular flexibility index (Phi) is 4.26. The van der Waals surface area contributed by atoms with Crippen LogP contribution in [0.4, 0.5) is 0 Å². The van der Waals surface area contributed by atoms with E-state index in [1.54, 1.807) is 18.1 Å². The van der Waals surface area contributed by atoms with E-state index >= 15 is 0 Å². The number of carboxylic acid groups (broad SMARTS) is 1. The van der Waals surface area contributed by atoms with E-state index in [0.717, 1.165) is 31.5 Å². The molecule has 0 aromatic heterocycles. The molecule has 2 saturated heterocycles. The summed E-state index contributed by atoms with van der Waals surface area (Å²) >= 11 is 0. The van der Waals surface area contributed by atoms with Crippen molar-refractivity contribution in [1.82, 2.24) is 9.80 Å². The maximum atomic E-state index is 12.8. The number of fused-ring (bicyclic) bond motifs is 3. The number of hydrogen-bond donors (Lipinski definition) is 1. The van der Waals surface area contributed by atoms with E-state index < -0.39 is 11.4 Å². The van der Waals surface area contributed by atoms with Gasteiger partial charge in [0.05, 0.1) is 13.7 Å². The number of amides is 1. The number of nitrogens with zero attached hydrogens (tertiary/aromatic N) is 2. The van der Waals surface area contributed by atoms with Crippen LogP contribution in [0.25, 0.3) is 0 Å². The Morgan fingerprint density at radius 1 is 1.35 bits per heavy atom. The predicted octanol–water partition coefficient (Wildman–Crippen LogP) is 1.18. The Bertz CT molecular complexity index is 731. The summed E-state index contributed by atoms with van der Waals surface area (Å²) in [5.41, 5.74) is -0.238. The van der Waals surface area contributed by atoms with Crippen molar-refractivity contribution in [2.24, 2.45) is 5.41 Å². The second-order valence-corrected chi connectivity index (χ2v) is 7.46. The summed E-state index contributed by atoms with van der Waals surface area (Å²) in [6, 6.07) is 5.47. The number of likely N-dealkylation sites (tertiary alicyclic amines) is 2. The molecule has 0 saturated carbocycles. The molecule has 7 nitrogen and oxygen atoms in total. The average molecular weight is 360 g/mol. The molecule has 1 N–H and O–H groups in total. The molecular weight excluding hydrogens is 336 g/mol. The minimum absolute atomic E-state index is 0.0111. The van der Waals surface area contributed by atoms with Crippen molar-refractivity contribution in [3.8, 4) is 11.5 Å². The number of carboxylic acids is 1. The van der Waals surface area contributed by atoms with Gasteiger partial charge in [0.25, 0.3) is 0 Å². The highest BCUT2D eigenvalue weighted by Crippen LogP contribution is 2.50. The average Bonchev–Trinajstić information content (AvgIpc) is 3.29. The second-order valence-electron chi connectivity index (χ2n) is 7.46. The topological polar surface area (TPSA) is 79.3 Å². The summed E-state index contributed by atoms with van der Waals surface area (Å²) in [5.74, 6) is 0.168. The third-order valence-corrected chi connectivity index (χ3v) is 5.96. The fourth-order valence-corrected chi connectivity index (χ4v) is 4.41. The summed E-state index contributed by atoms with van der Waals surface area (Å²) < 4.78 is 11.0. The lowest BCUT2D eigenvalue weighted by Gasteiger charge is -2.35. The van der Waals surface area contributed by atoms with Gasteiger partial charge in [-0.1, -0.05) is 6.07 Å². The molecule has 0 radical (unpaired) electrons. The molecule has 140 valence electrons. The van der Waals surface area contributed by atoms with Crippen molar-refractivity contribution < 1.29 is 24.2 Å². The largest absolute Gasteiger partial charge is 0.497 e. The molecule has 3 aliphatic rings. The summed E-state index contributed by atoms with van der Waals surface area (Å²) in [7, 11) is 1.58. The molecule has 1 aromatic carbocycles. The third-order valence-electron chi connectivity index (χ3n) is 5.96. The van der Waals surface area contributed by atoms with Crippen LogP contribution in [0.5, 0.6) is 11.5 Å². The Balaban J connectivity index is 1.60. The number of benzene rings is 1. The number of carbonyl (C=O) groups is 2. The van der Waals surface area contributed by atoms with Crippen molar-refractivity contribution >= 4 is 11.9 Å². The highest BCUT2D eigenvalue weighted by molar-refractivity contribution is 5.83. The van der Waals surface area contributed by atoms with E-state index in [9.17, 15) is 14.7 Å². The molecule has 1 aromatic rings. The Morgan fingerprint density at radius 2 is 2.12 bits per heavy atom. The molecule has 0 spiro atoms. The van der Waals surface area contributed by atoms with Gasteiger partial charge in [-0.2, -0.15) is 0 Å². The van der Waals surface area contributed by atoms with Gasteiger partial charge in [-0.15, -0.1) is 0 Å². The van der Waals surface area contributed by atoms with Crippen LogP contribution in [0.1, 0.15) is 24.3 Å². The van der Waals surface area contributed by atoms with Crippen LogP contribution >= 0.6 is 0 Å². The zero-order valence-electron chi connectivity index (χ0n) is 14.9. The molecule has 3 heterocycles. The number of rotatable bonds is 4. The molecule has 3 aliphatic heterocycles. The van der Waals surface area contributed by atoms with Crippen molar-refractivity contribution in [1.29, 1.82) is 0 Å². The van der Waals surface area contributed by atoms with Crippen molar-refractivity contribution in [3.63, 3.8) is 0 Å². The summed E-state index contributed by atoms with van der Waals surface area (Å²) in [6.07, 6.45) is 2.25. The normalized spacial score (nSPS) is 27.6. The number of aliphatic carboxylic acids is 1. The van der Waals surface area contributed by atoms with Gasteiger partial charge in [0.1, 0.15) is 23.5 Å². The van der Waals surface area contributed by atoms with E-state index in [0.29, 0.717) is 24.6 Å². The van der Waals surface area contributed by atoms with Gasteiger partial charge in [-0.05, 0) is 32.0 Å². The van der Waals surface area contributed by atoms with E-state index in [1.807, 2.05) is 12.1 Å². The van der Waals surface area contributed by atoms with E-state index in [1.165, 1.54) is 0 Å². The van der Waals surface area contributed by atoms with Crippen LogP contribution in [0.2, 0.25) is 0 Å². The summed E-state index contributed by atoms with van der Waals surface area (Å²) in [4.78, 5) is 28.8. The lowest BCUT2D eigenvalue weighted by atomic mass is 9.73. The molecule has 0 bridgehead atoms. The fourth-order valence-electron chi connectivity index (χ4n) is 4.41. The van der Waals surface area contributed by atoms with E-state index in [2.05, 4.69) is 4.90 Å². The smallest absolute Gasteiger partial charge is 0.315 e. The second kappa shape index (κ2) is 6.46. The molecule has 0 aliphatic carbocycles. The van der Waals surface area contributed by atoms with Gasteiger partial charge in [0.2, 0.25) is 5.91 Å². The summed E-state index contributed by atoms with van der Waals surface area (Å²) in [5, 5.41) is 9.96. The third kappa shape index (κ3) is 2.70. The minimum Gasteiger partial charge on any atom is -0.497 e. The van der Waals surface area contributed by atoms with Crippen LogP contribution in [-0.4, -0.2) is 73.2 Å². The van der Waals surface area contributed by atoms with Crippen LogP contribution in [0, 0.1) is 5.41 Å². The Morgan fingerprint density at radius 3 is 2.81 bits per heavy atom. The standard InChI is InChI=1S/C19H24N2O5/c1-25-13-4-5-14-15-9-21(17(22)10-20-6-2-3-7-20)11-19(15,18(23)24)12-26-16(14)8-13/h4-5,8,15H,2-3,6-7,9-12H2,1H3,(H,23,24)/t15-,19-/m1/s1. The highest BCUT2D eigenvalue weighted by Gasteiger charge is 2.57. The maximum absolute atomic E-state index is 12.8. The molecular formula is C19H24N2O5. The van der Waals surface area contributed by atoms with Gasteiger partial charge >= 0.3 is 5.97 Å². The lowest BCUT2D eigenvalue weighted by Crippen LogP contribution is -2.46. The zero-order chi connectivity index (χ0) is 18.3. The van der Waals surface area contributed by atoms with Gasteiger partial charge in [-0.25, -0.2) is 0 Å². The van der Waals surface area contributed by atoms with Crippen molar-refractivity contribution in [3.05, 3.63) is 23.8 Å². The van der Waals surface area contributed by atoms with E-state index in [4.69, 9.17) is 9.47 Å². The Labute approximate surface area is 152 Å². The number of methoxy groups -OCH3 is 1. The molecule has 1 amide bonds. The predicted molar refractivity (Wildman–Crippen MR) is 93.6 cm³/mol. The van der Waals surface area contributed by atoms with Gasteiger partial charge in [0.15, 0.2) is 0 Å². The van der Waals surface area contributed by atoms with Gasteiger partial charge < -0.3 is 19.5 Å².